The predicted molar refractivity (Wildman–Crippen MR) is 45.7 cm³/mol. The Morgan fingerprint density at radius 2 is 2.18 bits per heavy atom. The minimum absolute atomic E-state index is 0.0439. The lowest BCUT2D eigenvalue weighted by molar-refractivity contribution is 0.139. The van der Waals surface area contributed by atoms with E-state index in [1.807, 2.05) is 38.2 Å². The van der Waals surface area contributed by atoms with Gasteiger partial charge in [-0.15, -0.1) is 0 Å². The number of allylic oxidation sites excluding steroid dienone is 5. The summed E-state index contributed by atoms with van der Waals surface area (Å²) in [7, 11) is 0. The molecule has 0 aromatic carbocycles. The monoisotopic (exact) mass is 151 g/mol. The van der Waals surface area contributed by atoms with Crippen LogP contribution in [0.15, 0.2) is 36.3 Å². The first-order valence-corrected chi connectivity index (χ1v) is 3.71. The van der Waals surface area contributed by atoms with Gasteiger partial charge in [0.05, 0.1) is 6.26 Å². The van der Waals surface area contributed by atoms with Crippen molar-refractivity contribution in [2.45, 2.75) is 20.1 Å². The molecular weight excluding hydrogens is 138 g/mol. The average Bonchev–Trinajstić information content (AvgIpc) is 2.02. The molecule has 0 radical (unpaired) electrons. The van der Waals surface area contributed by atoms with Crippen LogP contribution in [0.4, 0.5) is 0 Å². The van der Waals surface area contributed by atoms with Gasteiger partial charge in [-0.3, -0.25) is 0 Å². The fourth-order valence-corrected chi connectivity index (χ4v) is 0.875. The van der Waals surface area contributed by atoms with Gasteiger partial charge in [-0.05, 0) is 26.0 Å². The normalized spacial score (nSPS) is 34.4. The van der Waals surface area contributed by atoms with E-state index in [4.69, 9.17) is 4.74 Å². The van der Waals surface area contributed by atoms with Crippen molar-refractivity contribution in [3.63, 3.8) is 0 Å². The number of hydrogen-bond acceptors (Lipinski definition) is 2. The average molecular weight is 151 g/mol. The molecule has 2 heteroatoms. The Morgan fingerprint density at radius 3 is 3.00 bits per heavy atom. The Morgan fingerprint density at radius 1 is 1.36 bits per heavy atom. The Bertz CT molecular complexity index is 204. The molecule has 11 heavy (non-hydrogen) atoms. The third-order valence-electron chi connectivity index (χ3n) is 1.36. The molecule has 1 atom stereocenters. The highest BCUT2D eigenvalue weighted by Crippen LogP contribution is 1.97. The molecule has 0 amide bonds. The first kappa shape index (κ1) is 7.92. The molecule has 1 rings (SSSR count). The van der Waals surface area contributed by atoms with Crippen molar-refractivity contribution >= 4 is 0 Å². The second-order valence-corrected chi connectivity index (χ2v) is 2.49. The van der Waals surface area contributed by atoms with Crippen molar-refractivity contribution in [3.05, 3.63) is 36.3 Å². The maximum Gasteiger partial charge on any atom is 0.165 e. The third kappa shape index (κ3) is 2.94. The van der Waals surface area contributed by atoms with Gasteiger partial charge in [0.2, 0.25) is 0 Å². The highest BCUT2D eigenvalue weighted by Gasteiger charge is 1.97. The first-order chi connectivity index (χ1) is 5.29. The second kappa shape index (κ2) is 3.86. The van der Waals surface area contributed by atoms with E-state index >= 15 is 0 Å². The Hall–Kier alpha value is -1.18. The zero-order chi connectivity index (χ0) is 8.10. The summed E-state index contributed by atoms with van der Waals surface area (Å²) in [6, 6.07) is 0. The lowest BCUT2D eigenvalue weighted by Gasteiger charge is -2.13. The molecule has 1 heterocycles. The largest absolute Gasteiger partial charge is 0.479 e. The van der Waals surface area contributed by atoms with Gasteiger partial charge >= 0.3 is 0 Å². The molecule has 0 spiro atoms. The summed E-state index contributed by atoms with van der Waals surface area (Å²) in [6.45, 7) is 3.97. The van der Waals surface area contributed by atoms with E-state index in [0.29, 0.717) is 0 Å². The summed E-state index contributed by atoms with van der Waals surface area (Å²) in [4.78, 5) is 0. The summed E-state index contributed by atoms with van der Waals surface area (Å²) >= 11 is 0. The van der Waals surface area contributed by atoms with Crippen LogP contribution in [0, 0.1) is 0 Å². The van der Waals surface area contributed by atoms with Crippen molar-refractivity contribution in [2.24, 2.45) is 0 Å². The molecule has 0 saturated carbocycles. The molecule has 0 aromatic heterocycles. The molecule has 0 aromatic rings. The van der Waals surface area contributed by atoms with Crippen molar-refractivity contribution in [2.75, 3.05) is 0 Å². The van der Waals surface area contributed by atoms with Gasteiger partial charge in [-0.1, -0.05) is 12.2 Å². The molecule has 0 saturated heterocycles. The summed E-state index contributed by atoms with van der Waals surface area (Å²) in [5, 5.41) is 3.16. The van der Waals surface area contributed by atoms with Crippen LogP contribution in [0.3, 0.4) is 0 Å². The van der Waals surface area contributed by atoms with E-state index in [-0.39, 0.29) is 6.23 Å². The van der Waals surface area contributed by atoms with Crippen LogP contribution in [0.5, 0.6) is 0 Å². The molecule has 1 unspecified atom stereocenters. The summed E-state index contributed by atoms with van der Waals surface area (Å²) in [5.74, 6) is 0. The Balaban J connectivity index is 2.65. The summed E-state index contributed by atoms with van der Waals surface area (Å²) in [5.41, 5.74) is 1.11. The molecule has 0 bridgehead atoms. The van der Waals surface area contributed by atoms with Crippen molar-refractivity contribution in [3.8, 4) is 0 Å². The van der Waals surface area contributed by atoms with Crippen LogP contribution in [0.25, 0.3) is 0 Å². The first-order valence-electron chi connectivity index (χ1n) is 3.71. The van der Waals surface area contributed by atoms with Crippen molar-refractivity contribution in [1.29, 1.82) is 0 Å². The maximum atomic E-state index is 5.25. The van der Waals surface area contributed by atoms with Gasteiger partial charge in [-0.2, -0.15) is 0 Å². The molecular formula is C9H13NO. The van der Waals surface area contributed by atoms with Crippen LogP contribution < -0.4 is 5.32 Å². The zero-order valence-electron chi connectivity index (χ0n) is 6.87. The van der Waals surface area contributed by atoms with Gasteiger partial charge in [0.15, 0.2) is 6.23 Å². The lowest BCUT2D eigenvalue weighted by Crippen LogP contribution is -2.25. The van der Waals surface area contributed by atoms with Crippen LogP contribution in [-0.4, -0.2) is 6.23 Å². The molecule has 2 nitrogen and oxygen atoms in total. The van der Waals surface area contributed by atoms with E-state index in [1.165, 1.54) is 0 Å². The Kier molecular flexibility index (Phi) is 2.78. The quantitative estimate of drug-likeness (QED) is 0.571. The molecule has 0 fully saturated rings. The van der Waals surface area contributed by atoms with Gasteiger partial charge in [0.1, 0.15) is 0 Å². The number of nitrogens with one attached hydrogen (secondary N) is 1. The summed E-state index contributed by atoms with van der Waals surface area (Å²) in [6.07, 6.45) is 9.51. The molecule has 60 valence electrons. The smallest absolute Gasteiger partial charge is 0.165 e. The fraction of sp³-hybridized carbons (Fsp3) is 0.333. The van der Waals surface area contributed by atoms with Gasteiger partial charge in [-0.25, -0.2) is 0 Å². The highest BCUT2D eigenvalue weighted by molar-refractivity contribution is 5.14. The standard InChI is InChI=1S/C9H13NO/c1-8-6-4-3-5-7-11-9(2)10-8/h3-7,9-10H,1-2H3/b4-3-,7-5+,8-6+. The second-order valence-electron chi connectivity index (χ2n) is 2.49. The van der Waals surface area contributed by atoms with Crippen LogP contribution in [0.2, 0.25) is 0 Å². The van der Waals surface area contributed by atoms with E-state index in [0.717, 1.165) is 5.70 Å². The highest BCUT2D eigenvalue weighted by atomic mass is 16.5. The van der Waals surface area contributed by atoms with Gasteiger partial charge < -0.3 is 10.1 Å². The molecule has 1 N–H and O–H groups in total. The van der Waals surface area contributed by atoms with Crippen LogP contribution in [0.1, 0.15) is 13.8 Å². The van der Waals surface area contributed by atoms with Crippen LogP contribution >= 0.6 is 0 Å². The SMILES string of the molecule is C\C1=C/C=C\C=C\OC(C)N1. The number of rotatable bonds is 0. The zero-order valence-corrected chi connectivity index (χ0v) is 6.87. The van der Waals surface area contributed by atoms with Crippen molar-refractivity contribution in [1.82, 2.24) is 5.32 Å². The Labute approximate surface area is 67.2 Å². The summed E-state index contributed by atoms with van der Waals surface area (Å²) < 4.78 is 5.25. The predicted octanol–water partition coefficient (Wildman–Crippen LogP) is 1.93. The van der Waals surface area contributed by atoms with E-state index in [2.05, 4.69) is 5.32 Å². The lowest BCUT2D eigenvalue weighted by atomic mass is 10.4. The van der Waals surface area contributed by atoms with Gasteiger partial charge in [0.25, 0.3) is 0 Å². The van der Waals surface area contributed by atoms with Gasteiger partial charge in [0, 0.05) is 5.70 Å². The topological polar surface area (TPSA) is 21.3 Å². The fourth-order valence-electron chi connectivity index (χ4n) is 0.875. The van der Waals surface area contributed by atoms with E-state index in [9.17, 15) is 0 Å². The number of ether oxygens (including phenoxy) is 1. The molecule has 1 aliphatic rings. The maximum absolute atomic E-state index is 5.25. The minimum Gasteiger partial charge on any atom is -0.479 e. The van der Waals surface area contributed by atoms with E-state index < -0.39 is 0 Å². The molecule has 1 aliphatic heterocycles. The van der Waals surface area contributed by atoms with Crippen molar-refractivity contribution < 1.29 is 4.74 Å². The molecule has 0 aliphatic carbocycles. The number of hydrogen-bond donors (Lipinski definition) is 1. The van der Waals surface area contributed by atoms with E-state index in [1.54, 1.807) is 6.26 Å². The third-order valence-corrected chi connectivity index (χ3v) is 1.36. The minimum atomic E-state index is 0.0439. The van der Waals surface area contributed by atoms with Crippen LogP contribution in [-0.2, 0) is 4.74 Å².